The van der Waals surface area contributed by atoms with Crippen LogP contribution in [0.3, 0.4) is 0 Å². The van der Waals surface area contributed by atoms with Gasteiger partial charge in [-0.2, -0.15) is 5.26 Å². The van der Waals surface area contributed by atoms with E-state index in [1.165, 1.54) is 11.8 Å². The molecule has 3 aromatic rings. The Kier molecular flexibility index (Phi) is 5.89. The van der Waals surface area contributed by atoms with Gasteiger partial charge in [0.2, 0.25) is 5.89 Å². The van der Waals surface area contributed by atoms with Crippen LogP contribution in [0.1, 0.15) is 11.1 Å². The van der Waals surface area contributed by atoms with Crippen molar-refractivity contribution in [3.8, 4) is 23.3 Å². The summed E-state index contributed by atoms with van der Waals surface area (Å²) < 4.78 is 11.1. The zero-order valence-electron chi connectivity index (χ0n) is 14.1. The van der Waals surface area contributed by atoms with Crippen LogP contribution in [0.25, 0.3) is 11.5 Å². The Hall–Kier alpha value is -2.82. The number of nitrogens with zero attached hydrogens (tertiary/aromatic N) is 3. The molecule has 0 aliphatic rings. The van der Waals surface area contributed by atoms with E-state index in [-0.39, 0.29) is 6.61 Å². The van der Waals surface area contributed by atoms with Gasteiger partial charge in [-0.05, 0) is 43.3 Å². The highest BCUT2D eigenvalue weighted by Crippen LogP contribution is 2.24. The van der Waals surface area contributed by atoms with Crippen LogP contribution in [0.4, 0.5) is 0 Å². The molecule has 132 valence electrons. The average molecular weight is 367 g/mol. The van der Waals surface area contributed by atoms with E-state index in [2.05, 4.69) is 10.2 Å². The van der Waals surface area contributed by atoms with Crippen LogP contribution in [-0.2, 0) is 0 Å². The van der Waals surface area contributed by atoms with Crippen molar-refractivity contribution in [3.63, 3.8) is 0 Å². The lowest BCUT2D eigenvalue weighted by atomic mass is 10.1. The molecule has 1 atom stereocenters. The molecule has 2 aromatic carbocycles. The van der Waals surface area contributed by atoms with E-state index in [1.54, 1.807) is 24.3 Å². The number of nitriles is 1. The summed E-state index contributed by atoms with van der Waals surface area (Å²) >= 11 is 1.28. The van der Waals surface area contributed by atoms with Gasteiger partial charge in [-0.25, -0.2) is 0 Å². The van der Waals surface area contributed by atoms with E-state index in [0.717, 1.165) is 11.1 Å². The Bertz CT molecular complexity index is 886. The van der Waals surface area contributed by atoms with Crippen molar-refractivity contribution < 1.29 is 14.3 Å². The van der Waals surface area contributed by atoms with Gasteiger partial charge in [0.15, 0.2) is 0 Å². The van der Waals surface area contributed by atoms with Gasteiger partial charge >= 0.3 is 0 Å². The van der Waals surface area contributed by atoms with Crippen LogP contribution in [0.2, 0.25) is 0 Å². The number of aromatic nitrogens is 2. The maximum absolute atomic E-state index is 10.0. The Morgan fingerprint density at radius 2 is 1.88 bits per heavy atom. The molecule has 0 spiro atoms. The highest BCUT2D eigenvalue weighted by Gasteiger charge is 2.12. The molecule has 0 radical (unpaired) electrons. The molecule has 7 heteroatoms. The minimum absolute atomic E-state index is 0.137. The zero-order valence-corrected chi connectivity index (χ0v) is 14.9. The maximum Gasteiger partial charge on any atom is 0.276 e. The number of thioether (sulfide) groups is 1. The molecule has 3 rings (SSSR count). The molecule has 0 bridgehead atoms. The minimum Gasteiger partial charge on any atom is -0.491 e. The predicted octanol–water partition coefficient (Wildman–Crippen LogP) is 3.45. The number of benzene rings is 2. The molecule has 0 saturated carbocycles. The molecular formula is C19H17N3O3S. The lowest BCUT2D eigenvalue weighted by molar-refractivity contribution is 0.126. The lowest BCUT2D eigenvalue weighted by Crippen LogP contribution is -2.20. The molecule has 1 heterocycles. The highest BCUT2D eigenvalue weighted by molar-refractivity contribution is 7.99. The summed E-state index contributed by atoms with van der Waals surface area (Å²) in [6, 6.07) is 16.6. The molecular weight excluding hydrogens is 350 g/mol. The van der Waals surface area contributed by atoms with Crippen LogP contribution >= 0.6 is 11.8 Å². The number of aryl methyl sites for hydroxylation is 1. The van der Waals surface area contributed by atoms with Crippen molar-refractivity contribution in [2.45, 2.75) is 18.3 Å². The molecule has 0 saturated heterocycles. The first kappa shape index (κ1) is 18.0. The largest absolute Gasteiger partial charge is 0.491 e. The summed E-state index contributed by atoms with van der Waals surface area (Å²) in [6.07, 6.45) is -0.689. The molecule has 1 unspecified atom stereocenters. The second-order valence-electron chi connectivity index (χ2n) is 5.65. The fourth-order valence-electron chi connectivity index (χ4n) is 2.11. The SMILES string of the molecule is Cc1ccc(-c2nnc(SCC(O)COc3ccc(C#N)cc3)o2)cc1. The monoisotopic (exact) mass is 367 g/mol. The van der Waals surface area contributed by atoms with Crippen LogP contribution in [0.5, 0.6) is 5.75 Å². The van der Waals surface area contributed by atoms with Crippen LogP contribution in [0, 0.1) is 18.3 Å². The van der Waals surface area contributed by atoms with E-state index in [4.69, 9.17) is 14.4 Å². The Balaban J connectivity index is 1.47. The standard InChI is InChI=1S/C19H17N3O3S/c1-13-2-6-15(7-3-13)18-21-22-19(25-18)26-12-16(23)11-24-17-8-4-14(10-20)5-9-17/h2-9,16,23H,11-12H2,1H3. The van der Waals surface area contributed by atoms with E-state index >= 15 is 0 Å². The Morgan fingerprint density at radius 1 is 1.15 bits per heavy atom. The summed E-state index contributed by atoms with van der Waals surface area (Å²) in [5.41, 5.74) is 2.59. The topological polar surface area (TPSA) is 92.2 Å². The van der Waals surface area contributed by atoms with Gasteiger partial charge in [0, 0.05) is 11.3 Å². The van der Waals surface area contributed by atoms with Crippen molar-refractivity contribution in [1.29, 1.82) is 5.26 Å². The molecule has 1 N–H and O–H groups in total. The maximum atomic E-state index is 10.0. The number of aliphatic hydroxyl groups is 1. The minimum atomic E-state index is -0.689. The number of aliphatic hydroxyl groups excluding tert-OH is 1. The van der Waals surface area contributed by atoms with Crippen molar-refractivity contribution in [1.82, 2.24) is 10.2 Å². The van der Waals surface area contributed by atoms with E-state index in [0.29, 0.717) is 28.2 Å². The summed E-state index contributed by atoms with van der Waals surface area (Å²) in [4.78, 5) is 0. The first-order chi connectivity index (χ1) is 12.6. The first-order valence-electron chi connectivity index (χ1n) is 7.98. The van der Waals surface area contributed by atoms with Gasteiger partial charge in [-0.15, -0.1) is 10.2 Å². The highest BCUT2D eigenvalue weighted by atomic mass is 32.2. The molecule has 6 nitrogen and oxygen atoms in total. The number of ether oxygens (including phenoxy) is 1. The fraction of sp³-hybridized carbons (Fsp3) is 0.211. The van der Waals surface area contributed by atoms with E-state index in [9.17, 15) is 5.11 Å². The van der Waals surface area contributed by atoms with Crippen molar-refractivity contribution in [3.05, 3.63) is 59.7 Å². The summed E-state index contributed by atoms with van der Waals surface area (Å²) in [7, 11) is 0. The van der Waals surface area contributed by atoms with Gasteiger partial charge in [0.1, 0.15) is 12.4 Å². The average Bonchev–Trinajstić information content (AvgIpc) is 3.14. The lowest BCUT2D eigenvalue weighted by Gasteiger charge is -2.11. The second-order valence-corrected chi connectivity index (χ2v) is 6.62. The third-order valence-electron chi connectivity index (χ3n) is 3.53. The third kappa shape index (κ3) is 4.85. The predicted molar refractivity (Wildman–Crippen MR) is 97.9 cm³/mol. The third-order valence-corrected chi connectivity index (χ3v) is 4.49. The second kappa shape index (κ2) is 8.52. The van der Waals surface area contributed by atoms with Crippen LogP contribution in [0.15, 0.2) is 58.2 Å². The fourth-order valence-corrected chi connectivity index (χ4v) is 2.78. The number of hydrogen-bond donors (Lipinski definition) is 1. The Morgan fingerprint density at radius 3 is 2.58 bits per heavy atom. The van der Waals surface area contributed by atoms with Gasteiger partial charge < -0.3 is 14.3 Å². The van der Waals surface area contributed by atoms with Crippen molar-refractivity contribution in [2.75, 3.05) is 12.4 Å². The normalized spacial score (nSPS) is 11.7. The van der Waals surface area contributed by atoms with Crippen LogP contribution < -0.4 is 4.74 Å². The van der Waals surface area contributed by atoms with Gasteiger partial charge in [-0.3, -0.25) is 0 Å². The molecule has 1 aromatic heterocycles. The Labute approximate surface area is 155 Å². The molecule has 26 heavy (non-hydrogen) atoms. The zero-order chi connectivity index (χ0) is 18.4. The summed E-state index contributed by atoms with van der Waals surface area (Å²) in [6.45, 7) is 2.15. The van der Waals surface area contributed by atoms with Gasteiger partial charge in [0.25, 0.3) is 5.22 Å². The molecule has 0 aliphatic heterocycles. The van der Waals surface area contributed by atoms with Gasteiger partial charge in [0.05, 0.1) is 17.7 Å². The van der Waals surface area contributed by atoms with Crippen LogP contribution in [-0.4, -0.2) is 33.8 Å². The van der Waals surface area contributed by atoms with E-state index < -0.39 is 6.10 Å². The number of rotatable bonds is 7. The summed E-state index contributed by atoms with van der Waals surface area (Å²) in [5, 5.41) is 27.2. The smallest absolute Gasteiger partial charge is 0.276 e. The number of hydrogen-bond acceptors (Lipinski definition) is 7. The summed E-state index contributed by atoms with van der Waals surface area (Å²) in [5.74, 6) is 1.43. The molecule has 0 aliphatic carbocycles. The molecule has 0 amide bonds. The van der Waals surface area contributed by atoms with E-state index in [1.807, 2.05) is 37.3 Å². The quantitative estimate of drug-likeness (QED) is 0.639. The van der Waals surface area contributed by atoms with Crippen molar-refractivity contribution in [2.24, 2.45) is 0 Å². The van der Waals surface area contributed by atoms with Gasteiger partial charge in [-0.1, -0.05) is 29.5 Å². The van der Waals surface area contributed by atoms with Crippen molar-refractivity contribution >= 4 is 11.8 Å². The molecule has 0 fully saturated rings. The first-order valence-corrected chi connectivity index (χ1v) is 8.97.